The normalized spacial score (nSPS) is 8.40. The van der Waals surface area contributed by atoms with Crippen molar-refractivity contribution < 1.29 is 110 Å². The van der Waals surface area contributed by atoms with Crippen LogP contribution in [0.1, 0.15) is 31.5 Å². The summed E-state index contributed by atoms with van der Waals surface area (Å²) in [6.45, 7) is 0. The maximum Gasteiger partial charge on any atom is 0.355 e. The first-order chi connectivity index (χ1) is 22.7. The van der Waals surface area contributed by atoms with Crippen molar-refractivity contribution in [2.45, 2.75) is 0 Å². The zero-order valence-electron chi connectivity index (χ0n) is 25.0. The Morgan fingerprint density at radius 2 is 0.840 bits per heavy atom. The van der Waals surface area contributed by atoms with Gasteiger partial charge < -0.3 is 15.3 Å². The first kappa shape index (κ1) is 46.7. The Kier molecular flexibility index (Phi) is 23.9. The van der Waals surface area contributed by atoms with Crippen LogP contribution in [0.3, 0.4) is 0 Å². The van der Waals surface area contributed by atoms with E-state index in [0.29, 0.717) is 10.8 Å². The monoisotopic (exact) mass is 1200 g/mol. The van der Waals surface area contributed by atoms with Crippen molar-refractivity contribution in [3.05, 3.63) is 127 Å². The third-order valence-corrected chi connectivity index (χ3v) is 5.69. The summed E-state index contributed by atoms with van der Waals surface area (Å²) in [5.41, 5.74) is 0.301. The standard InChI is InChI=1S/3C10H7NO2.2C2O2.2Ir.Re/c12-10(13)9-5-7-3-1-2-4-8(7)6-11-9;2*12-10(13)9-8-4-2-1-3-7(8)5-6-11-9;2*3-1-2-4;;;/h3*1-6H,(H,12,13);;;;;. The van der Waals surface area contributed by atoms with Crippen LogP contribution in [-0.4, -0.2) is 71.9 Å². The predicted octanol–water partition coefficient (Wildman–Crippen LogP) is 4.20. The molecule has 0 aliphatic heterocycles. The smallest absolute Gasteiger partial charge is 0.355 e. The molecule has 3 aromatic heterocycles. The van der Waals surface area contributed by atoms with Gasteiger partial charge >= 0.3 is 17.9 Å². The molecule has 0 amide bonds. The number of fused-ring (bicyclic) bond motifs is 3. The first-order valence-corrected chi connectivity index (χ1v) is 12.9. The quantitative estimate of drug-likeness (QED) is 0.212. The SMILES string of the molecule is O=C(O)c1cc2ccccc2cn1.O=C(O)c1nccc2ccccc12.O=C(O)c1nccc2ccccc12.O=C=C=O.O=C=C=O.[Ir].[Ir].[Re]. The van der Waals surface area contributed by atoms with Crippen molar-refractivity contribution in [3.8, 4) is 0 Å². The second-order valence-electron chi connectivity index (χ2n) is 8.50. The molecule has 16 heteroatoms. The third-order valence-electron chi connectivity index (χ3n) is 5.69. The molecule has 50 heavy (non-hydrogen) atoms. The fourth-order valence-electron chi connectivity index (χ4n) is 3.78. The Labute approximate surface area is 323 Å². The number of pyridine rings is 3. The summed E-state index contributed by atoms with van der Waals surface area (Å²) in [5, 5.41) is 31.3. The molecule has 0 unspecified atom stereocenters. The fourth-order valence-corrected chi connectivity index (χ4v) is 3.78. The van der Waals surface area contributed by atoms with Gasteiger partial charge in [-0.05, 0) is 34.4 Å². The summed E-state index contributed by atoms with van der Waals surface area (Å²) in [6, 6.07) is 27.3. The molecule has 0 fully saturated rings. The Morgan fingerprint density at radius 1 is 0.480 bits per heavy atom. The van der Waals surface area contributed by atoms with Crippen molar-refractivity contribution in [3.63, 3.8) is 0 Å². The summed E-state index contributed by atoms with van der Waals surface area (Å²) in [6.07, 6.45) is 4.58. The van der Waals surface area contributed by atoms with Gasteiger partial charge in [-0.3, -0.25) is 0 Å². The predicted molar refractivity (Wildman–Crippen MR) is 169 cm³/mol. The molecule has 257 valence electrons. The number of hydrogen-bond acceptors (Lipinski definition) is 10. The van der Waals surface area contributed by atoms with E-state index in [2.05, 4.69) is 15.0 Å². The minimum Gasteiger partial charge on any atom is -0.477 e. The molecule has 0 bridgehead atoms. The van der Waals surface area contributed by atoms with Crippen molar-refractivity contribution >= 4 is 74.0 Å². The molecule has 13 nitrogen and oxygen atoms in total. The molecule has 3 radical (unpaired) electrons. The molecule has 3 heterocycles. The van der Waals surface area contributed by atoms with Crippen molar-refractivity contribution in [2.75, 3.05) is 0 Å². The largest absolute Gasteiger partial charge is 0.477 e. The zero-order valence-corrected chi connectivity index (χ0v) is 32.5. The van der Waals surface area contributed by atoms with Crippen LogP contribution in [0.2, 0.25) is 0 Å². The van der Waals surface area contributed by atoms with Crippen LogP contribution < -0.4 is 0 Å². The van der Waals surface area contributed by atoms with Gasteiger partial charge in [-0.25, -0.2) is 48.5 Å². The van der Waals surface area contributed by atoms with Gasteiger partial charge in [0.25, 0.3) is 0 Å². The average Bonchev–Trinajstić information content (AvgIpc) is 3.11. The Bertz CT molecular complexity index is 2050. The topological polar surface area (TPSA) is 219 Å². The summed E-state index contributed by atoms with van der Waals surface area (Å²) in [7, 11) is 0. The van der Waals surface area contributed by atoms with Gasteiger partial charge in [-0.1, -0.05) is 72.8 Å². The Morgan fingerprint density at radius 3 is 1.20 bits per heavy atom. The van der Waals surface area contributed by atoms with Crippen molar-refractivity contribution in [1.29, 1.82) is 0 Å². The van der Waals surface area contributed by atoms with Crippen LogP contribution in [0.25, 0.3) is 32.3 Å². The molecule has 6 aromatic rings. The summed E-state index contributed by atoms with van der Waals surface area (Å²) < 4.78 is 0. The van der Waals surface area contributed by atoms with E-state index >= 15 is 0 Å². The number of rotatable bonds is 3. The molecule has 0 aliphatic carbocycles. The van der Waals surface area contributed by atoms with Crippen LogP contribution in [0.5, 0.6) is 0 Å². The van der Waals surface area contributed by atoms with E-state index in [-0.39, 0.29) is 77.7 Å². The minimum atomic E-state index is -0.995. The second-order valence-corrected chi connectivity index (χ2v) is 8.50. The third kappa shape index (κ3) is 14.8. The van der Waals surface area contributed by atoms with Gasteiger partial charge in [-0.2, -0.15) is 0 Å². The maximum absolute atomic E-state index is 10.8. The van der Waals surface area contributed by atoms with E-state index in [1.807, 2.05) is 48.5 Å². The molecule has 0 spiro atoms. The first-order valence-electron chi connectivity index (χ1n) is 12.9. The van der Waals surface area contributed by atoms with Crippen molar-refractivity contribution in [1.82, 2.24) is 15.0 Å². The van der Waals surface area contributed by atoms with E-state index in [4.69, 9.17) is 34.5 Å². The minimum absolute atomic E-state index is 0. The van der Waals surface area contributed by atoms with E-state index < -0.39 is 17.9 Å². The number of aromatic carboxylic acids is 3. The van der Waals surface area contributed by atoms with E-state index in [1.54, 1.807) is 48.7 Å². The number of nitrogens with zero attached hydrogens (tertiary/aromatic N) is 3. The van der Waals surface area contributed by atoms with Crippen LogP contribution in [-0.2, 0) is 79.8 Å². The molecule has 3 N–H and O–H groups in total. The van der Waals surface area contributed by atoms with Crippen molar-refractivity contribution in [2.24, 2.45) is 0 Å². The molecule has 0 atom stereocenters. The summed E-state index contributed by atoms with van der Waals surface area (Å²) in [5.74, 6) is 0.527. The van der Waals surface area contributed by atoms with Gasteiger partial charge in [0.2, 0.25) is 23.8 Å². The van der Waals surface area contributed by atoms with Crippen LogP contribution in [0, 0.1) is 0 Å². The van der Waals surface area contributed by atoms with E-state index in [0.717, 1.165) is 45.3 Å². The molecule has 0 saturated heterocycles. The van der Waals surface area contributed by atoms with Crippen LogP contribution >= 0.6 is 0 Å². The number of carboxylic acids is 3. The van der Waals surface area contributed by atoms with E-state index in [1.165, 1.54) is 12.4 Å². The number of benzene rings is 3. The maximum atomic E-state index is 10.8. The summed E-state index contributed by atoms with van der Waals surface area (Å²) >= 11 is 0. The zero-order chi connectivity index (χ0) is 34.6. The van der Waals surface area contributed by atoms with Gasteiger partial charge in [0.05, 0.1) is 0 Å². The molecular weight excluding hydrogens is 1180 g/mol. The molecule has 0 aliphatic rings. The number of aromatic nitrogens is 3. The van der Waals surface area contributed by atoms with Crippen LogP contribution in [0.4, 0.5) is 0 Å². The molecule has 0 saturated carbocycles. The number of carboxylic acid groups (broad SMARTS) is 3. The number of hydrogen-bond donors (Lipinski definition) is 3. The Hall–Kier alpha value is -5.42. The van der Waals surface area contributed by atoms with Crippen LogP contribution in [0.15, 0.2) is 110 Å². The molecular formula is C34H21Ir2N3O10Re. The average molecular weight is 1200 g/mol. The van der Waals surface area contributed by atoms with Gasteiger partial charge in [0.15, 0.2) is 11.4 Å². The summed E-state index contributed by atoms with van der Waals surface area (Å²) in [4.78, 5) is 78.0. The second kappa shape index (κ2) is 25.6. The van der Waals surface area contributed by atoms with Gasteiger partial charge in [0, 0.05) is 95.4 Å². The number of carbonyl (C=O) groups is 3. The fraction of sp³-hybridized carbons (Fsp3) is 0. The molecule has 6 rings (SSSR count). The Balaban J connectivity index is 0. The van der Waals surface area contributed by atoms with Gasteiger partial charge in [-0.15, -0.1) is 0 Å². The van der Waals surface area contributed by atoms with Gasteiger partial charge in [0.1, 0.15) is 5.69 Å². The number of carbonyl (C=O) groups excluding carboxylic acids is 4. The van der Waals surface area contributed by atoms with E-state index in [9.17, 15) is 14.4 Å². The molecule has 3 aromatic carbocycles.